The van der Waals surface area contributed by atoms with Gasteiger partial charge >= 0.3 is 5.97 Å². The Kier molecular flexibility index (Phi) is 5.61. The van der Waals surface area contributed by atoms with E-state index < -0.39 is 46.6 Å². The maximum absolute atomic E-state index is 12.8. The fraction of sp³-hybridized carbons (Fsp3) is 0.900. The zero-order chi connectivity index (χ0) is 26.9. The van der Waals surface area contributed by atoms with Gasteiger partial charge in [-0.25, -0.2) is 0 Å². The van der Waals surface area contributed by atoms with E-state index >= 15 is 0 Å². The number of aliphatic hydroxyl groups is 4. The molecule has 11 unspecified atom stereocenters. The van der Waals surface area contributed by atoms with E-state index in [0.717, 1.165) is 19.3 Å². The highest BCUT2D eigenvalue weighted by atomic mass is 16.4. The van der Waals surface area contributed by atoms with Crippen molar-refractivity contribution in [1.82, 2.24) is 0 Å². The molecule has 0 aliphatic heterocycles. The molecule has 0 heterocycles. The summed E-state index contributed by atoms with van der Waals surface area (Å²) >= 11 is 0. The quantitative estimate of drug-likeness (QED) is 0.343. The van der Waals surface area contributed by atoms with Crippen LogP contribution in [0.2, 0.25) is 0 Å². The molecule has 36 heavy (non-hydrogen) atoms. The van der Waals surface area contributed by atoms with Gasteiger partial charge in [0.2, 0.25) is 0 Å². The van der Waals surface area contributed by atoms with Crippen LogP contribution in [0.15, 0.2) is 11.6 Å². The van der Waals surface area contributed by atoms with Crippen LogP contribution < -0.4 is 0 Å². The fourth-order valence-electron chi connectivity index (χ4n) is 10.8. The molecule has 0 spiro atoms. The number of carbonyl (C=O) groups is 1. The first-order chi connectivity index (χ1) is 16.4. The molecule has 5 rings (SSSR count). The lowest BCUT2D eigenvalue weighted by Gasteiger charge is -2.72. The molecule has 5 aliphatic carbocycles. The highest BCUT2D eigenvalue weighted by Crippen LogP contribution is 2.75. The SMILES string of the molecule is CC1(C)CC2C3=CCC4C5(C)CC(O)C(O)C(C)(C)C5CCC4(C)C3(C)CC(O)C2(C(=O)O)CC1O. The van der Waals surface area contributed by atoms with Crippen molar-refractivity contribution in [2.75, 3.05) is 0 Å². The van der Waals surface area contributed by atoms with Gasteiger partial charge in [0.15, 0.2) is 0 Å². The largest absolute Gasteiger partial charge is 0.481 e. The average Bonchev–Trinajstić information content (AvgIpc) is 2.74. The third-order valence-corrected chi connectivity index (χ3v) is 13.2. The monoisotopic (exact) mass is 504 g/mol. The molecular weight excluding hydrogens is 456 g/mol. The summed E-state index contributed by atoms with van der Waals surface area (Å²) in [5.41, 5.74) is -1.74. The van der Waals surface area contributed by atoms with Crippen LogP contribution in [-0.2, 0) is 4.79 Å². The summed E-state index contributed by atoms with van der Waals surface area (Å²) in [6.07, 6.45) is 3.24. The molecule has 0 saturated heterocycles. The van der Waals surface area contributed by atoms with E-state index in [4.69, 9.17) is 0 Å². The lowest BCUT2D eigenvalue weighted by molar-refractivity contribution is -0.241. The van der Waals surface area contributed by atoms with Gasteiger partial charge in [0.25, 0.3) is 0 Å². The number of aliphatic hydroxyl groups excluding tert-OH is 4. The van der Waals surface area contributed by atoms with Gasteiger partial charge in [-0.15, -0.1) is 0 Å². The summed E-state index contributed by atoms with van der Waals surface area (Å²) in [5, 5.41) is 55.0. The Bertz CT molecular complexity index is 986. The van der Waals surface area contributed by atoms with Crippen molar-refractivity contribution in [3.05, 3.63) is 11.6 Å². The number of rotatable bonds is 1. The Morgan fingerprint density at radius 3 is 2.11 bits per heavy atom. The molecule has 5 N–H and O–H groups in total. The maximum Gasteiger partial charge on any atom is 0.312 e. The molecule has 0 bridgehead atoms. The van der Waals surface area contributed by atoms with E-state index in [2.05, 4.69) is 40.7 Å². The Balaban J connectivity index is 1.64. The first kappa shape index (κ1) is 26.6. The standard InChI is InChI=1S/C30H48O6/c1-25(2)12-17-16-8-9-20-27(5)13-18(31)23(34)26(3,4)19(27)10-11-28(20,6)29(16,7)14-22(33)30(17,24(35)36)15-21(25)32/h8,17-23,31-34H,9-15H2,1-7H3,(H,35,36). The fourth-order valence-corrected chi connectivity index (χ4v) is 10.8. The molecule has 4 fully saturated rings. The average molecular weight is 505 g/mol. The molecular formula is C30H48O6. The minimum absolute atomic E-state index is 0.0762. The molecule has 5 aliphatic rings. The third-order valence-electron chi connectivity index (χ3n) is 13.2. The third kappa shape index (κ3) is 2.96. The van der Waals surface area contributed by atoms with Gasteiger partial charge in [-0.05, 0) is 89.8 Å². The van der Waals surface area contributed by atoms with Crippen molar-refractivity contribution in [1.29, 1.82) is 0 Å². The second-order valence-electron chi connectivity index (χ2n) is 15.4. The number of carboxylic acids is 1. The van der Waals surface area contributed by atoms with Gasteiger partial charge in [-0.1, -0.05) is 60.1 Å². The minimum Gasteiger partial charge on any atom is -0.481 e. The number of aliphatic carboxylic acids is 1. The number of allylic oxidation sites excluding steroid dienone is 2. The van der Waals surface area contributed by atoms with Crippen LogP contribution in [0.25, 0.3) is 0 Å². The predicted molar refractivity (Wildman–Crippen MR) is 137 cm³/mol. The highest BCUT2D eigenvalue weighted by Gasteiger charge is 2.72. The van der Waals surface area contributed by atoms with Crippen molar-refractivity contribution in [3.63, 3.8) is 0 Å². The molecule has 6 nitrogen and oxygen atoms in total. The molecule has 0 amide bonds. The first-order valence-electron chi connectivity index (χ1n) is 14.1. The van der Waals surface area contributed by atoms with Crippen molar-refractivity contribution >= 4 is 5.97 Å². The topological polar surface area (TPSA) is 118 Å². The smallest absolute Gasteiger partial charge is 0.312 e. The summed E-state index contributed by atoms with van der Waals surface area (Å²) in [6, 6.07) is 0. The second-order valence-corrected chi connectivity index (χ2v) is 15.4. The van der Waals surface area contributed by atoms with Crippen molar-refractivity contribution < 1.29 is 30.3 Å². The van der Waals surface area contributed by atoms with Crippen LogP contribution in [0.1, 0.15) is 93.4 Å². The van der Waals surface area contributed by atoms with Gasteiger partial charge in [0.05, 0.1) is 24.4 Å². The van der Waals surface area contributed by atoms with Crippen LogP contribution in [0.4, 0.5) is 0 Å². The lowest BCUT2D eigenvalue weighted by atomic mass is 9.33. The Morgan fingerprint density at radius 1 is 0.861 bits per heavy atom. The summed E-state index contributed by atoms with van der Waals surface area (Å²) in [5.74, 6) is -0.784. The molecule has 0 radical (unpaired) electrons. The number of carboxylic acid groups (broad SMARTS) is 1. The van der Waals surface area contributed by atoms with Crippen LogP contribution in [-0.4, -0.2) is 55.9 Å². The van der Waals surface area contributed by atoms with Crippen LogP contribution >= 0.6 is 0 Å². The lowest BCUT2D eigenvalue weighted by Crippen LogP contribution is -2.69. The van der Waals surface area contributed by atoms with Crippen molar-refractivity contribution in [2.45, 2.75) is 118 Å². The molecule has 4 saturated carbocycles. The van der Waals surface area contributed by atoms with Gasteiger partial charge in [0, 0.05) is 0 Å². The van der Waals surface area contributed by atoms with Crippen molar-refractivity contribution in [2.24, 2.45) is 50.2 Å². The Morgan fingerprint density at radius 2 is 1.50 bits per heavy atom. The highest BCUT2D eigenvalue weighted by molar-refractivity contribution is 5.78. The molecule has 204 valence electrons. The van der Waals surface area contributed by atoms with E-state index in [1.807, 2.05) is 13.8 Å². The predicted octanol–water partition coefficient (Wildman–Crippen LogP) is 4.15. The Labute approximate surface area is 216 Å². The maximum atomic E-state index is 12.8. The first-order valence-corrected chi connectivity index (χ1v) is 14.1. The molecule has 0 aromatic heterocycles. The van der Waals surface area contributed by atoms with Crippen molar-refractivity contribution in [3.8, 4) is 0 Å². The number of hydrogen-bond acceptors (Lipinski definition) is 5. The summed E-state index contributed by atoms with van der Waals surface area (Å²) in [6.45, 7) is 15.1. The number of fused-ring (bicyclic) bond motifs is 7. The zero-order valence-corrected chi connectivity index (χ0v) is 23.2. The number of hydrogen-bond donors (Lipinski definition) is 5. The molecule has 0 aromatic rings. The molecule has 0 aromatic carbocycles. The summed E-state index contributed by atoms with van der Waals surface area (Å²) in [7, 11) is 0. The van der Waals surface area contributed by atoms with Gasteiger partial charge < -0.3 is 25.5 Å². The van der Waals surface area contributed by atoms with E-state index in [1.54, 1.807) is 0 Å². The van der Waals surface area contributed by atoms with Crippen LogP contribution in [0.5, 0.6) is 0 Å². The van der Waals surface area contributed by atoms with Crippen LogP contribution in [0, 0.1) is 50.2 Å². The van der Waals surface area contributed by atoms with Crippen LogP contribution in [0.3, 0.4) is 0 Å². The normalized spacial score (nSPS) is 55.3. The summed E-state index contributed by atoms with van der Waals surface area (Å²) in [4.78, 5) is 12.8. The molecule has 6 heteroatoms. The van der Waals surface area contributed by atoms with E-state index in [1.165, 1.54) is 5.57 Å². The van der Waals surface area contributed by atoms with Gasteiger partial charge in [0.1, 0.15) is 5.41 Å². The van der Waals surface area contributed by atoms with E-state index in [9.17, 15) is 30.3 Å². The second kappa shape index (κ2) is 7.58. The molecule has 11 atom stereocenters. The minimum atomic E-state index is -1.36. The van der Waals surface area contributed by atoms with Gasteiger partial charge in [-0.2, -0.15) is 0 Å². The van der Waals surface area contributed by atoms with Gasteiger partial charge in [-0.3, -0.25) is 4.79 Å². The summed E-state index contributed by atoms with van der Waals surface area (Å²) < 4.78 is 0. The zero-order valence-electron chi connectivity index (χ0n) is 23.2. The van der Waals surface area contributed by atoms with E-state index in [0.29, 0.717) is 19.3 Å². The Hall–Kier alpha value is -0.950. The van der Waals surface area contributed by atoms with E-state index in [-0.39, 0.29) is 40.4 Å².